The summed E-state index contributed by atoms with van der Waals surface area (Å²) >= 11 is 0. The van der Waals surface area contributed by atoms with Gasteiger partial charge in [-0.05, 0) is 41.5 Å². The molecule has 0 atom stereocenters. The quantitative estimate of drug-likeness (QED) is 0.399. The molecule has 1 aliphatic heterocycles. The van der Waals surface area contributed by atoms with E-state index in [1.54, 1.807) is 53.9 Å². The van der Waals surface area contributed by atoms with Gasteiger partial charge in [0.15, 0.2) is 17.3 Å². The Bertz CT molecular complexity index is 1590. The number of hydrogen-bond acceptors (Lipinski definition) is 11. The lowest BCUT2D eigenvalue weighted by Crippen LogP contribution is -2.48. The number of sulfone groups is 1. The average molecular weight is 628 g/mol. The smallest absolute Gasteiger partial charge is 0.420 e. The zero-order valence-corrected chi connectivity index (χ0v) is 27.1. The van der Waals surface area contributed by atoms with Gasteiger partial charge < -0.3 is 14.4 Å². The molecule has 1 fully saturated rings. The Labute approximate surface area is 258 Å². The van der Waals surface area contributed by atoms with E-state index in [-0.39, 0.29) is 23.1 Å². The molecule has 1 saturated heterocycles. The third kappa shape index (κ3) is 8.99. The number of amides is 1. The van der Waals surface area contributed by atoms with Gasteiger partial charge in [-0.1, -0.05) is 30.3 Å². The van der Waals surface area contributed by atoms with Crippen LogP contribution >= 0.6 is 0 Å². The van der Waals surface area contributed by atoms with Gasteiger partial charge in [-0.3, -0.25) is 10.2 Å². The summed E-state index contributed by atoms with van der Waals surface area (Å²) in [5.41, 5.74) is -0.197. The number of piperazine rings is 1. The molecule has 4 rings (SSSR count). The minimum absolute atomic E-state index is 0.0600. The Morgan fingerprint density at radius 2 is 1.55 bits per heavy atom. The Morgan fingerprint density at radius 3 is 2.14 bits per heavy atom. The highest BCUT2D eigenvalue weighted by atomic mass is 32.2. The Kier molecular flexibility index (Phi) is 9.64. The molecule has 1 N–H and O–H groups in total. The van der Waals surface area contributed by atoms with Gasteiger partial charge in [0.25, 0.3) is 0 Å². The Hall–Kier alpha value is -4.04. The van der Waals surface area contributed by atoms with Crippen molar-refractivity contribution >= 4 is 33.7 Å². The van der Waals surface area contributed by atoms with Crippen LogP contribution in [-0.2, 0) is 19.3 Å². The summed E-state index contributed by atoms with van der Waals surface area (Å²) in [5.74, 6) is 0.798. The van der Waals surface area contributed by atoms with Gasteiger partial charge in [-0.25, -0.2) is 37.5 Å². The highest BCUT2D eigenvalue weighted by Gasteiger charge is 2.29. The molecule has 44 heavy (non-hydrogen) atoms. The standard InChI is InChI=1S/C30H41N7O6S/c1-29(2,3)42-27(38)34-25-24(33-23(20-31-25)36-15-13-35(14-16-36)17-18-44(7,40)41)26-32-19-22(21-11-9-8-10-12-21)37(26)28(39)43-30(4,5)6/h8-12,19-20H,13-18H2,1-7H3,(H,31,34,38). The lowest BCUT2D eigenvalue weighted by Gasteiger charge is -2.35. The number of carbonyl (C=O) groups is 2. The van der Waals surface area contributed by atoms with Crippen molar-refractivity contribution in [3.63, 3.8) is 0 Å². The lowest BCUT2D eigenvalue weighted by atomic mass is 10.1. The van der Waals surface area contributed by atoms with Crippen molar-refractivity contribution in [1.82, 2.24) is 24.4 Å². The van der Waals surface area contributed by atoms with Crippen molar-refractivity contribution in [2.24, 2.45) is 0 Å². The molecule has 1 amide bonds. The van der Waals surface area contributed by atoms with Gasteiger partial charge >= 0.3 is 12.2 Å². The largest absolute Gasteiger partial charge is 0.444 e. The zero-order valence-electron chi connectivity index (χ0n) is 26.3. The zero-order chi connectivity index (χ0) is 32.3. The second-order valence-electron chi connectivity index (χ2n) is 12.7. The van der Waals surface area contributed by atoms with Crippen LogP contribution in [-0.4, -0.2) is 101 Å². The average Bonchev–Trinajstić information content (AvgIpc) is 3.36. The van der Waals surface area contributed by atoms with E-state index in [1.165, 1.54) is 10.8 Å². The molecule has 14 heteroatoms. The Morgan fingerprint density at radius 1 is 0.909 bits per heavy atom. The molecule has 2 aromatic heterocycles. The van der Waals surface area contributed by atoms with E-state index >= 15 is 0 Å². The SMILES string of the molecule is CC(C)(C)OC(=O)Nc1ncc(N2CCN(CCS(C)(=O)=O)CC2)nc1-c1ncc(-c2ccccc2)n1C(=O)OC(C)(C)C. The number of nitrogens with one attached hydrogen (secondary N) is 1. The van der Waals surface area contributed by atoms with E-state index in [2.05, 4.69) is 20.2 Å². The van der Waals surface area contributed by atoms with Gasteiger partial charge in [0.1, 0.15) is 26.9 Å². The molecule has 238 valence electrons. The molecule has 0 radical (unpaired) electrons. The van der Waals surface area contributed by atoms with Crippen molar-refractivity contribution < 1.29 is 27.5 Å². The first-order valence-electron chi connectivity index (χ1n) is 14.4. The van der Waals surface area contributed by atoms with Crippen molar-refractivity contribution in [3.05, 3.63) is 42.7 Å². The molecule has 1 aromatic carbocycles. The van der Waals surface area contributed by atoms with Crippen LogP contribution in [0.2, 0.25) is 0 Å². The second-order valence-corrected chi connectivity index (χ2v) is 14.9. The number of hydrogen-bond donors (Lipinski definition) is 1. The lowest BCUT2D eigenvalue weighted by molar-refractivity contribution is 0.0541. The topological polar surface area (TPSA) is 149 Å². The van der Waals surface area contributed by atoms with E-state index < -0.39 is 33.2 Å². The maximum Gasteiger partial charge on any atom is 0.420 e. The van der Waals surface area contributed by atoms with Crippen molar-refractivity contribution in [1.29, 1.82) is 0 Å². The number of carbonyl (C=O) groups excluding carboxylic acids is 2. The summed E-state index contributed by atoms with van der Waals surface area (Å²) in [5, 5.41) is 2.67. The second kappa shape index (κ2) is 12.9. The van der Waals surface area contributed by atoms with Crippen LogP contribution < -0.4 is 10.2 Å². The maximum atomic E-state index is 13.7. The van der Waals surface area contributed by atoms with Crippen LogP contribution in [0, 0.1) is 0 Å². The van der Waals surface area contributed by atoms with Gasteiger partial charge in [-0.15, -0.1) is 0 Å². The fourth-order valence-electron chi connectivity index (χ4n) is 4.50. The number of anilines is 2. The monoisotopic (exact) mass is 627 g/mol. The van der Waals surface area contributed by atoms with E-state index in [4.69, 9.17) is 14.5 Å². The summed E-state index contributed by atoms with van der Waals surface area (Å²) < 4.78 is 35.8. The van der Waals surface area contributed by atoms with E-state index in [0.717, 1.165) is 5.56 Å². The van der Waals surface area contributed by atoms with Crippen LogP contribution in [0.3, 0.4) is 0 Å². The molecule has 0 aliphatic carbocycles. The van der Waals surface area contributed by atoms with E-state index in [9.17, 15) is 18.0 Å². The number of benzene rings is 1. The minimum atomic E-state index is -3.06. The van der Waals surface area contributed by atoms with Gasteiger partial charge in [0.2, 0.25) is 0 Å². The van der Waals surface area contributed by atoms with Gasteiger partial charge in [-0.2, -0.15) is 0 Å². The van der Waals surface area contributed by atoms with Crippen LogP contribution in [0.15, 0.2) is 42.7 Å². The number of nitrogens with zero attached hydrogens (tertiary/aromatic N) is 6. The van der Waals surface area contributed by atoms with Crippen LogP contribution in [0.25, 0.3) is 22.8 Å². The van der Waals surface area contributed by atoms with Crippen LogP contribution in [0.1, 0.15) is 41.5 Å². The molecule has 0 saturated carbocycles. The fraction of sp³-hybridized carbons (Fsp3) is 0.500. The summed E-state index contributed by atoms with van der Waals surface area (Å²) in [4.78, 5) is 44.6. The van der Waals surface area contributed by atoms with Gasteiger partial charge in [0, 0.05) is 44.5 Å². The minimum Gasteiger partial charge on any atom is -0.444 e. The maximum absolute atomic E-state index is 13.7. The summed E-state index contributed by atoms with van der Waals surface area (Å²) in [7, 11) is -3.06. The predicted octanol–water partition coefficient (Wildman–Crippen LogP) is 4.30. The highest BCUT2D eigenvalue weighted by Crippen LogP contribution is 2.32. The van der Waals surface area contributed by atoms with Crippen molar-refractivity contribution in [2.75, 3.05) is 54.9 Å². The van der Waals surface area contributed by atoms with E-state index in [1.807, 2.05) is 35.2 Å². The normalized spacial score (nSPS) is 14.8. The van der Waals surface area contributed by atoms with Crippen molar-refractivity contribution in [3.8, 4) is 22.8 Å². The fourth-order valence-corrected chi connectivity index (χ4v) is 5.09. The molecule has 3 heterocycles. The summed E-state index contributed by atoms with van der Waals surface area (Å²) in [6, 6.07) is 9.29. The number of aromatic nitrogens is 4. The molecule has 0 unspecified atom stereocenters. The first kappa shape index (κ1) is 32.9. The molecular weight excluding hydrogens is 586 g/mol. The number of ether oxygens (including phenoxy) is 2. The van der Waals surface area contributed by atoms with Crippen molar-refractivity contribution in [2.45, 2.75) is 52.7 Å². The predicted molar refractivity (Wildman–Crippen MR) is 169 cm³/mol. The summed E-state index contributed by atoms with van der Waals surface area (Å²) in [6.07, 6.45) is 2.93. The molecular formula is C30H41N7O6S. The molecule has 0 bridgehead atoms. The molecule has 0 spiro atoms. The number of rotatable bonds is 7. The third-order valence-electron chi connectivity index (χ3n) is 6.47. The highest BCUT2D eigenvalue weighted by molar-refractivity contribution is 7.90. The van der Waals surface area contributed by atoms with Crippen LogP contribution in [0.5, 0.6) is 0 Å². The van der Waals surface area contributed by atoms with E-state index in [0.29, 0.717) is 44.2 Å². The third-order valence-corrected chi connectivity index (χ3v) is 7.40. The first-order chi connectivity index (χ1) is 20.5. The first-order valence-corrected chi connectivity index (χ1v) is 16.4. The number of imidazole rings is 1. The molecule has 1 aliphatic rings. The Balaban J connectivity index is 1.76. The molecule has 13 nitrogen and oxygen atoms in total. The molecule has 3 aromatic rings. The van der Waals surface area contributed by atoms with Crippen LogP contribution in [0.4, 0.5) is 21.2 Å². The summed E-state index contributed by atoms with van der Waals surface area (Å²) in [6.45, 7) is 13.4. The van der Waals surface area contributed by atoms with Gasteiger partial charge in [0.05, 0.1) is 23.8 Å².